The van der Waals surface area contributed by atoms with Crippen molar-refractivity contribution in [3.63, 3.8) is 0 Å². The molecule has 0 spiro atoms. The van der Waals surface area contributed by atoms with Crippen LogP contribution >= 0.6 is 12.2 Å². The standard InChI is InChI=1S/C18H16N2O2S/c23-18(20-13-4-2-1-3-5-13)10-15-14-9-17-16(21-11-22-17)8-12(14)6-7-19-15/h1-5,8-10,19H,6-7,11H2,(H,20,23)/b15-10-. The van der Waals surface area contributed by atoms with Gasteiger partial charge in [0.1, 0.15) is 4.99 Å². The molecule has 0 saturated carbocycles. The van der Waals surface area contributed by atoms with Crippen molar-refractivity contribution in [1.82, 2.24) is 5.32 Å². The Bertz CT molecular complexity index is 787. The smallest absolute Gasteiger partial charge is 0.231 e. The van der Waals surface area contributed by atoms with Crippen LogP contribution in [0.15, 0.2) is 48.5 Å². The van der Waals surface area contributed by atoms with Gasteiger partial charge in [0.2, 0.25) is 6.79 Å². The van der Waals surface area contributed by atoms with Gasteiger partial charge in [-0.25, -0.2) is 0 Å². The van der Waals surface area contributed by atoms with E-state index in [1.165, 1.54) is 5.56 Å². The molecule has 2 N–H and O–H groups in total. The third kappa shape index (κ3) is 2.87. The van der Waals surface area contributed by atoms with E-state index in [1.807, 2.05) is 42.5 Å². The molecule has 0 saturated heterocycles. The van der Waals surface area contributed by atoms with Gasteiger partial charge in [-0.15, -0.1) is 0 Å². The SMILES string of the molecule is S=C(/C=C1\NCCc2cc3c(cc21)OCO3)Nc1ccccc1. The van der Waals surface area contributed by atoms with Crippen molar-refractivity contribution in [3.05, 3.63) is 59.7 Å². The van der Waals surface area contributed by atoms with Crippen LogP contribution in [0.2, 0.25) is 0 Å². The number of fused-ring (bicyclic) bond motifs is 2. The average Bonchev–Trinajstić information content (AvgIpc) is 3.01. The third-order valence-corrected chi connectivity index (χ3v) is 4.14. The van der Waals surface area contributed by atoms with Crippen molar-refractivity contribution >= 4 is 28.6 Å². The summed E-state index contributed by atoms with van der Waals surface area (Å²) in [5, 5.41) is 6.65. The zero-order chi connectivity index (χ0) is 15.6. The lowest BCUT2D eigenvalue weighted by molar-refractivity contribution is 0.174. The summed E-state index contributed by atoms with van der Waals surface area (Å²) in [7, 11) is 0. The van der Waals surface area contributed by atoms with Gasteiger partial charge in [0.15, 0.2) is 11.5 Å². The first-order chi connectivity index (χ1) is 11.3. The Labute approximate surface area is 140 Å². The van der Waals surface area contributed by atoms with E-state index in [2.05, 4.69) is 16.7 Å². The van der Waals surface area contributed by atoms with Crippen LogP contribution in [0.3, 0.4) is 0 Å². The summed E-state index contributed by atoms with van der Waals surface area (Å²) in [5.41, 5.74) is 4.37. The van der Waals surface area contributed by atoms with Crippen LogP contribution in [0.1, 0.15) is 11.1 Å². The highest BCUT2D eigenvalue weighted by Gasteiger charge is 2.21. The molecule has 116 valence electrons. The second-order valence-electron chi connectivity index (χ2n) is 5.45. The quantitative estimate of drug-likeness (QED) is 0.655. The van der Waals surface area contributed by atoms with E-state index in [1.54, 1.807) is 0 Å². The fourth-order valence-corrected chi connectivity index (χ4v) is 3.06. The molecule has 4 rings (SSSR count). The minimum Gasteiger partial charge on any atom is -0.454 e. The topological polar surface area (TPSA) is 42.5 Å². The van der Waals surface area contributed by atoms with Crippen LogP contribution in [0, 0.1) is 0 Å². The number of benzene rings is 2. The molecule has 4 nitrogen and oxygen atoms in total. The van der Waals surface area contributed by atoms with Gasteiger partial charge in [0.05, 0.1) is 0 Å². The Hall–Kier alpha value is -2.53. The maximum Gasteiger partial charge on any atom is 0.231 e. The largest absolute Gasteiger partial charge is 0.454 e. The van der Waals surface area contributed by atoms with E-state index in [0.29, 0.717) is 11.8 Å². The maximum atomic E-state index is 5.49. The number of para-hydroxylation sites is 1. The summed E-state index contributed by atoms with van der Waals surface area (Å²) in [6.07, 6.45) is 2.92. The first-order valence-electron chi connectivity index (χ1n) is 7.54. The van der Waals surface area contributed by atoms with Crippen molar-refractivity contribution in [3.8, 4) is 11.5 Å². The first-order valence-corrected chi connectivity index (χ1v) is 7.95. The fraction of sp³-hybridized carbons (Fsp3) is 0.167. The molecule has 0 fully saturated rings. The second-order valence-corrected chi connectivity index (χ2v) is 5.89. The molecule has 0 atom stereocenters. The van der Waals surface area contributed by atoms with Gasteiger partial charge in [-0.1, -0.05) is 30.4 Å². The number of nitrogens with one attached hydrogen (secondary N) is 2. The Kier molecular flexibility index (Phi) is 3.63. The van der Waals surface area contributed by atoms with Crippen molar-refractivity contribution < 1.29 is 9.47 Å². The Morgan fingerprint density at radius 3 is 2.74 bits per heavy atom. The molecule has 2 aliphatic heterocycles. The molecule has 5 heteroatoms. The predicted octanol–water partition coefficient (Wildman–Crippen LogP) is 3.34. The third-order valence-electron chi connectivity index (χ3n) is 3.92. The molecular formula is C18H16N2O2S. The van der Waals surface area contributed by atoms with Crippen LogP contribution in [-0.2, 0) is 6.42 Å². The van der Waals surface area contributed by atoms with Crippen molar-refractivity contribution in [2.75, 3.05) is 18.7 Å². The van der Waals surface area contributed by atoms with Gasteiger partial charge in [-0.3, -0.25) is 0 Å². The second kappa shape index (κ2) is 5.93. The molecule has 0 aromatic heterocycles. The fourth-order valence-electron chi connectivity index (χ4n) is 2.83. The number of ether oxygens (including phenoxy) is 2. The molecule has 0 aliphatic carbocycles. The van der Waals surface area contributed by atoms with Crippen LogP contribution in [0.5, 0.6) is 11.5 Å². The molecule has 0 amide bonds. The lowest BCUT2D eigenvalue weighted by Gasteiger charge is -2.22. The molecule has 2 aromatic rings. The summed E-state index contributed by atoms with van der Waals surface area (Å²) in [6, 6.07) is 14.0. The van der Waals surface area contributed by atoms with Gasteiger partial charge < -0.3 is 20.1 Å². The molecule has 23 heavy (non-hydrogen) atoms. The minimum atomic E-state index is 0.290. The van der Waals surface area contributed by atoms with Crippen molar-refractivity contribution in [2.45, 2.75) is 6.42 Å². The number of thiocarbonyl (C=S) groups is 1. The highest BCUT2D eigenvalue weighted by Crippen LogP contribution is 2.37. The number of rotatable bonds is 2. The molecule has 0 radical (unpaired) electrons. The van der Waals surface area contributed by atoms with E-state index in [9.17, 15) is 0 Å². The normalized spacial score (nSPS) is 16.6. The van der Waals surface area contributed by atoms with Gasteiger partial charge in [0, 0.05) is 23.5 Å². The zero-order valence-corrected chi connectivity index (χ0v) is 13.3. The van der Waals surface area contributed by atoms with Gasteiger partial charge in [-0.2, -0.15) is 0 Å². The Morgan fingerprint density at radius 1 is 1.13 bits per heavy atom. The van der Waals surface area contributed by atoms with Crippen LogP contribution in [0.4, 0.5) is 5.69 Å². The number of anilines is 1. The van der Waals surface area contributed by atoms with Gasteiger partial charge in [0.25, 0.3) is 0 Å². The van der Waals surface area contributed by atoms with E-state index in [4.69, 9.17) is 21.7 Å². The average molecular weight is 324 g/mol. The summed E-state index contributed by atoms with van der Waals surface area (Å²) in [4.78, 5) is 0.671. The number of hydrogen-bond donors (Lipinski definition) is 2. The summed E-state index contributed by atoms with van der Waals surface area (Å²) < 4.78 is 10.9. The number of hydrogen-bond acceptors (Lipinski definition) is 4. The maximum absolute atomic E-state index is 5.49. The highest BCUT2D eigenvalue weighted by molar-refractivity contribution is 7.81. The molecule has 2 heterocycles. The molecule has 2 aliphatic rings. The zero-order valence-electron chi connectivity index (χ0n) is 12.5. The molecule has 0 bridgehead atoms. The minimum absolute atomic E-state index is 0.290. The summed E-state index contributed by atoms with van der Waals surface area (Å²) in [5.74, 6) is 1.62. The Morgan fingerprint density at radius 2 is 1.91 bits per heavy atom. The van der Waals surface area contributed by atoms with Crippen molar-refractivity contribution in [1.29, 1.82) is 0 Å². The highest BCUT2D eigenvalue weighted by atomic mass is 32.1. The van der Waals surface area contributed by atoms with Gasteiger partial charge in [-0.05, 0) is 42.3 Å². The molecule has 2 aromatic carbocycles. The van der Waals surface area contributed by atoms with Crippen molar-refractivity contribution in [2.24, 2.45) is 0 Å². The summed E-state index contributed by atoms with van der Waals surface area (Å²) >= 11 is 5.46. The van der Waals surface area contributed by atoms with Gasteiger partial charge >= 0.3 is 0 Å². The van der Waals surface area contributed by atoms with Crippen LogP contribution < -0.4 is 20.1 Å². The monoisotopic (exact) mass is 324 g/mol. The van der Waals surface area contributed by atoms with E-state index in [-0.39, 0.29) is 0 Å². The van der Waals surface area contributed by atoms with E-state index >= 15 is 0 Å². The Balaban J connectivity index is 1.62. The van der Waals surface area contributed by atoms with E-state index in [0.717, 1.165) is 41.4 Å². The first kappa shape index (κ1) is 14.1. The van der Waals surface area contributed by atoms with Crippen LogP contribution in [0.25, 0.3) is 5.70 Å². The lowest BCUT2D eigenvalue weighted by Crippen LogP contribution is -2.24. The van der Waals surface area contributed by atoms with E-state index < -0.39 is 0 Å². The summed E-state index contributed by atoms with van der Waals surface area (Å²) in [6.45, 7) is 1.17. The molecular weight excluding hydrogens is 308 g/mol. The van der Waals surface area contributed by atoms with Crippen LogP contribution in [-0.4, -0.2) is 18.3 Å². The molecule has 0 unspecified atom stereocenters. The predicted molar refractivity (Wildman–Crippen MR) is 94.9 cm³/mol. The lowest BCUT2D eigenvalue weighted by atomic mass is 9.97.